The first-order valence-electron chi connectivity index (χ1n) is 10.9. The zero-order valence-electron chi connectivity index (χ0n) is 18.5. The summed E-state index contributed by atoms with van der Waals surface area (Å²) >= 11 is 1.10. The van der Waals surface area contributed by atoms with Crippen molar-refractivity contribution in [2.45, 2.75) is 37.6 Å². The largest absolute Gasteiger partial charge is 0.481 e. The maximum absolute atomic E-state index is 11.3. The van der Waals surface area contributed by atoms with Gasteiger partial charge >= 0.3 is 5.97 Å². The SMILES string of the molecule is Cc1ccc(Cc2c(SCC(=O)O)nc(N)c3c(N)nc(N4CCCCC4)c(C#N)c23)cc1. The second-order valence-corrected chi connectivity index (χ2v) is 9.19. The molecule has 0 unspecified atom stereocenters. The van der Waals surface area contributed by atoms with Crippen molar-refractivity contribution in [1.29, 1.82) is 5.26 Å². The fraction of sp³-hybridized carbons (Fsp3) is 0.333. The number of nitrogen functional groups attached to an aromatic ring is 2. The molecule has 0 aliphatic carbocycles. The maximum Gasteiger partial charge on any atom is 0.313 e. The van der Waals surface area contributed by atoms with Gasteiger partial charge in [-0.15, -0.1) is 0 Å². The Kier molecular flexibility index (Phi) is 6.56. The van der Waals surface area contributed by atoms with Gasteiger partial charge in [0.05, 0.1) is 11.1 Å². The predicted octanol–water partition coefficient (Wildman–Crippen LogP) is 3.73. The van der Waals surface area contributed by atoms with E-state index in [2.05, 4.69) is 20.9 Å². The maximum atomic E-state index is 11.3. The van der Waals surface area contributed by atoms with Crippen molar-refractivity contribution in [3.63, 3.8) is 0 Å². The van der Waals surface area contributed by atoms with Crippen molar-refractivity contribution in [1.82, 2.24) is 9.97 Å². The van der Waals surface area contributed by atoms with E-state index in [0.717, 1.165) is 60.8 Å². The van der Waals surface area contributed by atoms with Crippen LogP contribution in [0.3, 0.4) is 0 Å². The van der Waals surface area contributed by atoms with Gasteiger partial charge in [-0.3, -0.25) is 4.79 Å². The van der Waals surface area contributed by atoms with Crippen molar-refractivity contribution in [2.75, 3.05) is 35.2 Å². The fourth-order valence-corrected chi connectivity index (χ4v) is 5.03. The third kappa shape index (κ3) is 4.66. The predicted molar refractivity (Wildman–Crippen MR) is 131 cm³/mol. The molecule has 1 aliphatic rings. The average Bonchev–Trinajstić information content (AvgIpc) is 2.81. The summed E-state index contributed by atoms with van der Waals surface area (Å²) in [6, 6.07) is 10.4. The van der Waals surface area contributed by atoms with E-state index < -0.39 is 5.97 Å². The van der Waals surface area contributed by atoms with E-state index in [4.69, 9.17) is 11.5 Å². The summed E-state index contributed by atoms with van der Waals surface area (Å²) in [7, 11) is 0. The Bertz CT molecular complexity index is 1250. The highest BCUT2D eigenvalue weighted by atomic mass is 32.2. The van der Waals surface area contributed by atoms with E-state index in [1.54, 1.807) is 0 Å². The van der Waals surface area contributed by atoms with E-state index in [-0.39, 0.29) is 17.4 Å². The monoisotopic (exact) mass is 462 g/mol. The number of aromatic nitrogens is 2. The standard InChI is InChI=1S/C24H26N6O2S/c1-14-5-7-15(8-6-14)11-16-19-17(12-25)23(30-9-3-2-4-10-30)28-21(26)20(19)22(27)29-24(16)33-13-18(31)32/h5-8H,2-4,9-11,13H2,1H3,(H2,26,28)(H2,27,29)(H,31,32). The third-order valence-electron chi connectivity index (χ3n) is 5.85. The Hall–Kier alpha value is -3.51. The minimum Gasteiger partial charge on any atom is -0.481 e. The lowest BCUT2D eigenvalue weighted by molar-refractivity contribution is -0.133. The number of rotatable bonds is 6. The third-order valence-corrected chi connectivity index (χ3v) is 6.85. The van der Waals surface area contributed by atoms with Crippen molar-refractivity contribution < 1.29 is 9.90 Å². The Morgan fingerprint density at radius 1 is 1.12 bits per heavy atom. The molecule has 1 aromatic carbocycles. The van der Waals surface area contributed by atoms with Crippen molar-refractivity contribution in [3.8, 4) is 6.07 Å². The zero-order chi connectivity index (χ0) is 23.5. The molecule has 1 aliphatic heterocycles. The second kappa shape index (κ2) is 9.55. The van der Waals surface area contributed by atoms with Crippen molar-refractivity contribution >= 4 is 46.0 Å². The van der Waals surface area contributed by atoms with E-state index in [1.807, 2.05) is 31.2 Å². The normalized spacial score (nSPS) is 13.8. The molecule has 5 N–H and O–H groups in total. The number of nitriles is 1. The minimum absolute atomic E-state index is 0.150. The lowest BCUT2D eigenvalue weighted by atomic mass is 9.96. The Balaban J connectivity index is 1.99. The first kappa shape index (κ1) is 22.7. The number of aliphatic carboxylic acids is 1. The summed E-state index contributed by atoms with van der Waals surface area (Å²) in [4.78, 5) is 22.5. The molecular weight excluding hydrogens is 436 g/mol. The van der Waals surface area contributed by atoms with Crippen LogP contribution >= 0.6 is 11.8 Å². The zero-order valence-corrected chi connectivity index (χ0v) is 19.3. The topological polar surface area (TPSA) is 142 Å². The molecule has 0 saturated carbocycles. The summed E-state index contributed by atoms with van der Waals surface area (Å²) in [5, 5.41) is 21.1. The number of thioether (sulfide) groups is 1. The average molecular weight is 463 g/mol. The number of nitrogens with zero attached hydrogens (tertiary/aromatic N) is 4. The molecule has 3 aromatic rings. The first-order valence-corrected chi connectivity index (χ1v) is 11.8. The van der Waals surface area contributed by atoms with Crippen LogP contribution < -0.4 is 16.4 Å². The number of piperidine rings is 1. The minimum atomic E-state index is -0.953. The molecule has 9 heteroatoms. The molecule has 0 amide bonds. The highest BCUT2D eigenvalue weighted by molar-refractivity contribution is 7.99. The molecule has 3 heterocycles. The lowest BCUT2D eigenvalue weighted by Gasteiger charge is -2.29. The molecule has 33 heavy (non-hydrogen) atoms. The Morgan fingerprint density at radius 3 is 2.42 bits per heavy atom. The van der Waals surface area contributed by atoms with E-state index in [9.17, 15) is 15.2 Å². The molecular formula is C24H26N6O2S. The van der Waals surface area contributed by atoms with E-state index >= 15 is 0 Å². The molecule has 170 valence electrons. The molecule has 4 rings (SSSR count). The van der Waals surface area contributed by atoms with E-state index in [0.29, 0.717) is 33.6 Å². The molecule has 0 atom stereocenters. The number of fused-ring (bicyclic) bond motifs is 1. The number of carbonyl (C=O) groups is 1. The highest BCUT2D eigenvalue weighted by Crippen LogP contribution is 2.40. The molecule has 0 bridgehead atoms. The van der Waals surface area contributed by atoms with Gasteiger partial charge in [-0.1, -0.05) is 41.6 Å². The number of benzene rings is 1. The van der Waals surface area contributed by atoms with Gasteiger partial charge in [0.15, 0.2) is 0 Å². The Morgan fingerprint density at radius 2 is 1.79 bits per heavy atom. The van der Waals surface area contributed by atoms with Crippen LogP contribution in [0.2, 0.25) is 0 Å². The van der Waals surface area contributed by atoms with Crippen molar-refractivity contribution in [3.05, 3.63) is 46.5 Å². The van der Waals surface area contributed by atoms with Crippen LogP contribution in [-0.2, 0) is 11.2 Å². The number of hydrogen-bond donors (Lipinski definition) is 3. The van der Waals surface area contributed by atoms with Gasteiger partial charge in [0.1, 0.15) is 34.1 Å². The summed E-state index contributed by atoms with van der Waals surface area (Å²) in [5.41, 5.74) is 16.0. The van der Waals surface area contributed by atoms with Crippen LogP contribution in [0.25, 0.3) is 10.8 Å². The molecule has 1 fully saturated rings. The van der Waals surface area contributed by atoms with Gasteiger partial charge in [0, 0.05) is 24.9 Å². The number of aryl methyl sites for hydroxylation is 1. The number of pyridine rings is 2. The Labute approximate surface area is 196 Å². The van der Waals surface area contributed by atoms with Gasteiger partial charge in [-0.2, -0.15) is 5.26 Å². The number of nitrogens with two attached hydrogens (primary N) is 2. The van der Waals surface area contributed by atoms with Gasteiger partial charge < -0.3 is 21.5 Å². The smallest absolute Gasteiger partial charge is 0.313 e. The van der Waals surface area contributed by atoms with Gasteiger partial charge in [0.2, 0.25) is 0 Å². The lowest BCUT2D eigenvalue weighted by Crippen LogP contribution is -2.31. The van der Waals surface area contributed by atoms with Gasteiger partial charge in [-0.25, -0.2) is 9.97 Å². The number of carboxylic acid groups (broad SMARTS) is 1. The first-order chi connectivity index (χ1) is 15.9. The van der Waals surface area contributed by atoms with Crippen LogP contribution in [-0.4, -0.2) is 39.9 Å². The quantitative estimate of drug-likeness (QED) is 0.467. The van der Waals surface area contributed by atoms with Crippen LogP contribution in [0.5, 0.6) is 0 Å². The van der Waals surface area contributed by atoms with E-state index in [1.165, 1.54) is 0 Å². The van der Waals surface area contributed by atoms with Crippen molar-refractivity contribution in [2.24, 2.45) is 0 Å². The molecule has 8 nitrogen and oxygen atoms in total. The number of hydrogen-bond acceptors (Lipinski definition) is 8. The highest BCUT2D eigenvalue weighted by Gasteiger charge is 2.25. The second-order valence-electron chi connectivity index (χ2n) is 8.23. The van der Waals surface area contributed by atoms with Crippen LogP contribution in [0, 0.1) is 18.3 Å². The molecule has 0 spiro atoms. The molecule has 1 saturated heterocycles. The van der Waals surface area contributed by atoms with Gasteiger partial charge in [-0.05, 0) is 37.3 Å². The van der Waals surface area contributed by atoms with Gasteiger partial charge in [0.25, 0.3) is 0 Å². The number of anilines is 3. The summed E-state index contributed by atoms with van der Waals surface area (Å²) in [6.07, 6.45) is 3.66. The van der Waals surface area contributed by atoms with Crippen LogP contribution in [0.15, 0.2) is 29.3 Å². The summed E-state index contributed by atoms with van der Waals surface area (Å²) in [5.74, 6) is -0.176. The number of carboxylic acids is 1. The summed E-state index contributed by atoms with van der Waals surface area (Å²) in [6.45, 7) is 3.63. The van der Waals surface area contributed by atoms with Crippen LogP contribution in [0.1, 0.15) is 41.5 Å². The molecule has 0 radical (unpaired) electrons. The van der Waals surface area contributed by atoms with Crippen LogP contribution in [0.4, 0.5) is 17.5 Å². The molecule has 2 aromatic heterocycles. The summed E-state index contributed by atoms with van der Waals surface area (Å²) < 4.78 is 0. The fourth-order valence-electron chi connectivity index (χ4n) is 4.26.